The quantitative estimate of drug-likeness (QED) is 0.741. The van der Waals surface area contributed by atoms with Crippen molar-refractivity contribution >= 4 is 5.82 Å². The van der Waals surface area contributed by atoms with Crippen LogP contribution in [0.4, 0.5) is 5.82 Å². The van der Waals surface area contributed by atoms with Crippen molar-refractivity contribution in [3.05, 3.63) is 11.8 Å². The third kappa shape index (κ3) is 2.08. The Morgan fingerprint density at radius 2 is 2.29 bits per heavy atom. The van der Waals surface area contributed by atoms with Gasteiger partial charge in [0.2, 0.25) is 0 Å². The maximum atomic E-state index is 4.59. The molecule has 14 heavy (non-hydrogen) atoms. The molecule has 0 fully saturated rings. The van der Waals surface area contributed by atoms with Gasteiger partial charge < -0.3 is 5.32 Å². The van der Waals surface area contributed by atoms with Gasteiger partial charge in [0.1, 0.15) is 5.82 Å². The maximum Gasteiger partial charge on any atom is 0.124 e. The first-order valence-corrected chi connectivity index (χ1v) is 5.35. The first-order chi connectivity index (χ1) is 6.54. The molecule has 1 aromatic heterocycles. The first-order valence-electron chi connectivity index (χ1n) is 5.35. The lowest BCUT2D eigenvalue weighted by Gasteiger charge is -2.15. The van der Waals surface area contributed by atoms with Gasteiger partial charge >= 0.3 is 0 Å². The van der Waals surface area contributed by atoms with E-state index in [-0.39, 0.29) is 0 Å². The van der Waals surface area contributed by atoms with Gasteiger partial charge in [-0.2, -0.15) is 5.10 Å². The molecule has 2 rings (SSSR count). The van der Waals surface area contributed by atoms with E-state index in [1.165, 1.54) is 17.9 Å². The van der Waals surface area contributed by atoms with E-state index < -0.39 is 0 Å². The molecule has 0 unspecified atom stereocenters. The summed E-state index contributed by atoms with van der Waals surface area (Å²) >= 11 is 0. The first kappa shape index (κ1) is 9.56. The molecule has 0 amide bonds. The van der Waals surface area contributed by atoms with Gasteiger partial charge in [-0.1, -0.05) is 20.8 Å². The number of rotatable bonds is 1. The number of aromatic nitrogens is 2. The third-order valence-corrected chi connectivity index (χ3v) is 2.39. The molecule has 78 valence electrons. The van der Waals surface area contributed by atoms with Crippen molar-refractivity contribution in [1.29, 1.82) is 0 Å². The van der Waals surface area contributed by atoms with Gasteiger partial charge in [0, 0.05) is 19.2 Å². The summed E-state index contributed by atoms with van der Waals surface area (Å²) in [5, 5.41) is 7.96. The van der Waals surface area contributed by atoms with Crippen LogP contribution in [0.5, 0.6) is 0 Å². The van der Waals surface area contributed by atoms with Crippen LogP contribution in [-0.4, -0.2) is 16.3 Å². The van der Waals surface area contributed by atoms with E-state index in [9.17, 15) is 0 Å². The Morgan fingerprint density at radius 1 is 1.50 bits per heavy atom. The highest BCUT2D eigenvalue weighted by molar-refractivity contribution is 5.38. The molecule has 0 saturated heterocycles. The summed E-state index contributed by atoms with van der Waals surface area (Å²) in [6.45, 7) is 8.89. The largest absolute Gasteiger partial charge is 0.370 e. The van der Waals surface area contributed by atoms with E-state index in [1.807, 2.05) is 0 Å². The van der Waals surface area contributed by atoms with Crippen molar-refractivity contribution in [2.24, 2.45) is 5.41 Å². The number of nitrogens with one attached hydrogen (secondary N) is 1. The molecule has 0 radical (unpaired) electrons. The Bertz CT molecular complexity index is 296. The fourth-order valence-electron chi connectivity index (χ4n) is 1.86. The van der Waals surface area contributed by atoms with E-state index in [0.29, 0.717) is 5.41 Å². The molecule has 0 aromatic carbocycles. The monoisotopic (exact) mass is 193 g/mol. The lowest BCUT2D eigenvalue weighted by Crippen LogP contribution is -2.17. The van der Waals surface area contributed by atoms with Crippen LogP contribution in [0, 0.1) is 5.41 Å². The summed E-state index contributed by atoms with van der Waals surface area (Å²) in [6.07, 6.45) is 2.23. The van der Waals surface area contributed by atoms with Gasteiger partial charge in [-0.25, -0.2) is 4.68 Å². The summed E-state index contributed by atoms with van der Waals surface area (Å²) in [5.41, 5.74) is 1.53. The molecule has 0 bridgehead atoms. The Morgan fingerprint density at radius 3 is 2.93 bits per heavy atom. The zero-order valence-electron chi connectivity index (χ0n) is 9.30. The van der Waals surface area contributed by atoms with Crippen LogP contribution >= 0.6 is 0 Å². The highest BCUT2D eigenvalue weighted by Crippen LogP contribution is 2.23. The lowest BCUT2D eigenvalue weighted by atomic mass is 9.91. The van der Waals surface area contributed by atoms with Gasteiger partial charge in [-0.05, 0) is 18.3 Å². The molecule has 1 aliphatic rings. The fourth-order valence-corrected chi connectivity index (χ4v) is 1.86. The van der Waals surface area contributed by atoms with E-state index in [0.717, 1.165) is 19.5 Å². The normalized spacial score (nSPS) is 16.2. The molecule has 0 saturated carbocycles. The molecule has 3 nitrogen and oxygen atoms in total. The van der Waals surface area contributed by atoms with Crippen LogP contribution in [0.3, 0.4) is 0 Å². The average molecular weight is 193 g/mol. The predicted molar refractivity (Wildman–Crippen MR) is 58.5 cm³/mol. The van der Waals surface area contributed by atoms with Crippen LogP contribution in [-0.2, 0) is 13.0 Å². The Labute approximate surface area is 85.5 Å². The van der Waals surface area contributed by atoms with Gasteiger partial charge in [-0.15, -0.1) is 0 Å². The number of hydrogen-bond acceptors (Lipinski definition) is 2. The van der Waals surface area contributed by atoms with Gasteiger partial charge in [0.15, 0.2) is 0 Å². The van der Waals surface area contributed by atoms with Crippen molar-refractivity contribution in [1.82, 2.24) is 9.78 Å². The Balaban J connectivity index is 2.16. The Hall–Kier alpha value is -0.990. The molecule has 1 aliphatic heterocycles. The van der Waals surface area contributed by atoms with Crippen LogP contribution in [0.15, 0.2) is 6.07 Å². The van der Waals surface area contributed by atoms with Crippen LogP contribution in [0.1, 0.15) is 32.9 Å². The van der Waals surface area contributed by atoms with Gasteiger partial charge in [0.25, 0.3) is 0 Å². The molecule has 3 heteroatoms. The topological polar surface area (TPSA) is 29.9 Å². The second kappa shape index (κ2) is 3.30. The highest BCUT2D eigenvalue weighted by Gasteiger charge is 2.16. The molecule has 0 aliphatic carbocycles. The number of nitrogens with zero attached hydrogens (tertiary/aromatic N) is 2. The molecule has 1 N–H and O–H groups in total. The van der Waals surface area contributed by atoms with Gasteiger partial charge in [0.05, 0.1) is 5.69 Å². The van der Waals surface area contributed by atoms with Crippen molar-refractivity contribution in [2.75, 3.05) is 11.9 Å². The smallest absolute Gasteiger partial charge is 0.124 e. The van der Waals surface area contributed by atoms with Crippen LogP contribution in [0.2, 0.25) is 0 Å². The van der Waals surface area contributed by atoms with E-state index in [2.05, 4.69) is 41.9 Å². The molecule has 1 aromatic rings. The minimum Gasteiger partial charge on any atom is -0.370 e. The summed E-state index contributed by atoms with van der Waals surface area (Å²) in [5.74, 6) is 1.19. The highest BCUT2D eigenvalue weighted by atomic mass is 15.3. The number of hydrogen-bond donors (Lipinski definition) is 1. The molecular weight excluding hydrogens is 174 g/mol. The molecule has 2 heterocycles. The SMILES string of the molecule is CC(C)(C)Cc1cc2n(n1)CCCN2. The second-order valence-electron chi connectivity index (χ2n) is 5.26. The number of fused-ring (bicyclic) bond motifs is 1. The van der Waals surface area contributed by atoms with Gasteiger partial charge in [-0.3, -0.25) is 0 Å². The molecule has 0 spiro atoms. The lowest BCUT2D eigenvalue weighted by molar-refractivity contribution is 0.402. The molecular formula is C11H19N3. The van der Waals surface area contributed by atoms with E-state index >= 15 is 0 Å². The maximum absolute atomic E-state index is 4.59. The standard InChI is InChI=1S/C11H19N3/c1-11(2,3)8-9-7-10-12-5-4-6-14(10)13-9/h7,12H,4-6,8H2,1-3H3. The van der Waals surface area contributed by atoms with E-state index in [4.69, 9.17) is 0 Å². The van der Waals surface area contributed by atoms with Crippen LogP contribution in [0.25, 0.3) is 0 Å². The summed E-state index contributed by atoms with van der Waals surface area (Å²) < 4.78 is 2.09. The van der Waals surface area contributed by atoms with Crippen molar-refractivity contribution < 1.29 is 0 Å². The average Bonchev–Trinajstić information content (AvgIpc) is 2.42. The zero-order valence-corrected chi connectivity index (χ0v) is 9.30. The number of aryl methyl sites for hydroxylation is 1. The Kier molecular flexibility index (Phi) is 2.25. The zero-order chi connectivity index (χ0) is 10.2. The summed E-state index contributed by atoms with van der Waals surface area (Å²) in [4.78, 5) is 0. The second-order valence-corrected chi connectivity index (χ2v) is 5.26. The third-order valence-electron chi connectivity index (χ3n) is 2.39. The minimum absolute atomic E-state index is 0.324. The van der Waals surface area contributed by atoms with Crippen molar-refractivity contribution in [3.63, 3.8) is 0 Å². The van der Waals surface area contributed by atoms with Crippen LogP contribution < -0.4 is 5.32 Å². The summed E-state index contributed by atoms with van der Waals surface area (Å²) in [7, 11) is 0. The van der Waals surface area contributed by atoms with Crippen molar-refractivity contribution in [2.45, 2.75) is 40.2 Å². The fraction of sp³-hybridized carbons (Fsp3) is 0.727. The van der Waals surface area contributed by atoms with E-state index in [1.54, 1.807) is 0 Å². The van der Waals surface area contributed by atoms with Crippen molar-refractivity contribution in [3.8, 4) is 0 Å². The minimum atomic E-state index is 0.324. The molecule has 0 atom stereocenters. The summed E-state index contributed by atoms with van der Waals surface area (Å²) in [6, 6.07) is 2.18. The number of anilines is 1. The predicted octanol–water partition coefficient (Wildman–Crippen LogP) is 2.29.